The van der Waals surface area contributed by atoms with E-state index in [2.05, 4.69) is 55.5 Å². The second kappa shape index (κ2) is 9.33. The Balaban J connectivity index is 0.00000121. The van der Waals surface area contributed by atoms with Gasteiger partial charge in [0.25, 0.3) is 0 Å². The summed E-state index contributed by atoms with van der Waals surface area (Å²) in [4.78, 5) is 0. The molecule has 0 bridgehead atoms. The van der Waals surface area contributed by atoms with Gasteiger partial charge in [-0.3, -0.25) is 0 Å². The van der Waals surface area contributed by atoms with Crippen LogP contribution in [0.2, 0.25) is 0 Å². The molecule has 0 aliphatic heterocycles. The van der Waals surface area contributed by atoms with Crippen LogP contribution in [0.5, 0.6) is 0 Å². The number of halogens is 3. The smallest absolute Gasteiger partial charge is 1.00 e. The van der Waals surface area contributed by atoms with Crippen molar-refractivity contribution in [1.29, 1.82) is 0 Å². The van der Waals surface area contributed by atoms with Gasteiger partial charge in [-0.2, -0.15) is 6.07 Å². The van der Waals surface area contributed by atoms with Crippen molar-refractivity contribution < 1.29 is 63.4 Å². The van der Waals surface area contributed by atoms with E-state index >= 15 is 0 Å². The second-order valence-corrected chi connectivity index (χ2v) is 5.64. The predicted molar refractivity (Wildman–Crippen MR) is 81.7 cm³/mol. The maximum atomic E-state index is 2.41. The van der Waals surface area contributed by atoms with Crippen LogP contribution in [-0.2, 0) is 39.0 Å². The monoisotopic (exact) mass is 440 g/mol. The van der Waals surface area contributed by atoms with Crippen molar-refractivity contribution in [3.63, 3.8) is 0 Å². The van der Waals surface area contributed by atoms with Crippen LogP contribution < -0.4 is 37.2 Å². The van der Waals surface area contributed by atoms with Gasteiger partial charge >= 0.3 is 26.2 Å². The first-order valence-corrected chi connectivity index (χ1v) is 7.10. The first kappa shape index (κ1) is 22.8. The Hall–Kier alpha value is -0.197. The number of rotatable bonds is 1. The molecule has 3 aromatic rings. The molecule has 0 fully saturated rings. The van der Waals surface area contributed by atoms with Crippen molar-refractivity contribution in [2.45, 2.75) is 26.2 Å². The molecule has 0 nitrogen and oxygen atoms in total. The van der Waals surface area contributed by atoms with E-state index in [-0.39, 0.29) is 63.4 Å². The summed E-state index contributed by atoms with van der Waals surface area (Å²) < 4.78 is 0. The molecule has 0 N–H and O–H groups in total. The zero-order valence-corrected chi connectivity index (χ0v) is 17.6. The van der Waals surface area contributed by atoms with Gasteiger partial charge in [0.05, 0.1) is 0 Å². The summed E-state index contributed by atoms with van der Waals surface area (Å²) in [5.74, 6) is 0. The second-order valence-electron chi connectivity index (χ2n) is 5.64. The Bertz CT molecular complexity index is 763. The fourth-order valence-electron chi connectivity index (χ4n) is 3.51. The van der Waals surface area contributed by atoms with Crippen molar-refractivity contribution in [3.05, 3.63) is 65.2 Å². The molecule has 4 rings (SSSR count). The maximum Gasteiger partial charge on any atom is 4.00 e. The van der Waals surface area contributed by atoms with Crippen LogP contribution in [0.4, 0.5) is 0 Å². The van der Waals surface area contributed by atoms with Crippen LogP contribution in [0.1, 0.15) is 23.1 Å². The zero-order chi connectivity index (χ0) is 12.8. The Labute approximate surface area is 175 Å². The Morgan fingerprint density at radius 1 is 0.913 bits per heavy atom. The molecule has 0 radical (unpaired) electrons. The Morgan fingerprint density at radius 2 is 1.61 bits per heavy atom. The Morgan fingerprint density at radius 3 is 2.30 bits per heavy atom. The van der Waals surface area contributed by atoms with Gasteiger partial charge in [-0.05, 0) is 24.8 Å². The van der Waals surface area contributed by atoms with Crippen molar-refractivity contribution >= 4 is 10.8 Å². The summed E-state index contributed by atoms with van der Waals surface area (Å²) in [5.41, 5.74) is 7.38. The SMILES string of the molecule is Cc1cc2c(-c3ccccc3)c3c(cc2[cH-]1)CCC3.[Cl-].[Cl-].[Cl-].[Zr+4]. The number of benzene rings is 2. The molecule has 0 heterocycles. The molecule has 3 aromatic carbocycles. The van der Waals surface area contributed by atoms with Crippen molar-refractivity contribution in [2.75, 3.05) is 0 Å². The summed E-state index contributed by atoms with van der Waals surface area (Å²) in [5, 5.41) is 2.85. The van der Waals surface area contributed by atoms with Crippen molar-refractivity contribution in [3.8, 4) is 11.1 Å². The average Bonchev–Trinajstić information content (AvgIpc) is 3.01. The van der Waals surface area contributed by atoms with Gasteiger partial charge in [-0.1, -0.05) is 53.9 Å². The van der Waals surface area contributed by atoms with Gasteiger partial charge in [-0.15, -0.1) is 28.5 Å². The molecule has 0 aromatic heterocycles. The fraction of sp³-hybridized carbons (Fsp3) is 0.211. The van der Waals surface area contributed by atoms with Gasteiger partial charge in [0.15, 0.2) is 0 Å². The molecule has 1 aliphatic rings. The van der Waals surface area contributed by atoms with Crippen LogP contribution in [0.3, 0.4) is 0 Å². The van der Waals surface area contributed by atoms with Gasteiger partial charge in [0.2, 0.25) is 0 Å². The van der Waals surface area contributed by atoms with Crippen molar-refractivity contribution in [2.24, 2.45) is 0 Å². The molecule has 23 heavy (non-hydrogen) atoms. The standard InChI is InChI=1S/C19H17.3ClH.Zr/c1-13-10-16-12-15-8-5-9-17(15)19(18(16)11-13)14-6-3-2-4-7-14;;;;/h2-4,6-7,10-12H,5,8-9H2,1H3;3*1H;/q-1;;;;+4/p-3. The maximum absolute atomic E-state index is 2.41. The van der Waals surface area contributed by atoms with E-state index in [4.69, 9.17) is 0 Å². The predicted octanol–water partition coefficient (Wildman–Crippen LogP) is -3.97. The molecule has 0 atom stereocenters. The minimum absolute atomic E-state index is 0. The van der Waals surface area contributed by atoms with E-state index < -0.39 is 0 Å². The molecule has 118 valence electrons. The van der Waals surface area contributed by atoms with E-state index in [0.29, 0.717) is 0 Å². The number of hydrogen-bond acceptors (Lipinski definition) is 0. The zero-order valence-electron chi connectivity index (χ0n) is 12.9. The topological polar surface area (TPSA) is 0 Å². The molecular weight excluding hydrogens is 426 g/mol. The summed E-state index contributed by atoms with van der Waals surface area (Å²) in [6, 6.07) is 18.0. The molecule has 0 saturated heterocycles. The van der Waals surface area contributed by atoms with Gasteiger partial charge in [0, 0.05) is 0 Å². The molecule has 4 heteroatoms. The van der Waals surface area contributed by atoms with E-state index in [0.717, 1.165) is 0 Å². The number of aryl methyl sites for hydroxylation is 2. The third-order valence-corrected chi connectivity index (χ3v) is 4.29. The summed E-state index contributed by atoms with van der Waals surface area (Å²) >= 11 is 0. The first-order chi connectivity index (χ1) is 9.33. The van der Waals surface area contributed by atoms with Gasteiger partial charge in [-0.25, -0.2) is 0 Å². The molecular formula is C19H17Cl3Zr. The third kappa shape index (κ3) is 4.08. The summed E-state index contributed by atoms with van der Waals surface area (Å²) in [7, 11) is 0. The largest absolute Gasteiger partial charge is 4.00 e. The van der Waals surface area contributed by atoms with Crippen LogP contribution in [0, 0.1) is 6.92 Å². The van der Waals surface area contributed by atoms with Crippen LogP contribution in [0.25, 0.3) is 21.9 Å². The summed E-state index contributed by atoms with van der Waals surface area (Å²) in [6.07, 6.45) is 3.79. The molecule has 0 saturated carbocycles. The number of hydrogen-bond donors (Lipinski definition) is 0. The minimum atomic E-state index is 0. The van der Waals surface area contributed by atoms with Crippen LogP contribution >= 0.6 is 0 Å². The third-order valence-electron chi connectivity index (χ3n) is 4.29. The van der Waals surface area contributed by atoms with Gasteiger partial charge in [0.1, 0.15) is 0 Å². The van der Waals surface area contributed by atoms with Crippen LogP contribution in [0.15, 0.2) is 48.5 Å². The first-order valence-electron chi connectivity index (χ1n) is 7.10. The fourth-order valence-corrected chi connectivity index (χ4v) is 3.51. The quantitative estimate of drug-likeness (QED) is 0.337. The van der Waals surface area contributed by atoms with E-state index in [1.54, 1.807) is 11.1 Å². The van der Waals surface area contributed by atoms with Crippen LogP contribution in [-0.4, -0.2) is 0 Å². The molecule has 0 unspecified atom stereocenters. The van der Waals surface area contributed by atoms with Crippen molar-refractivity contribution in [1.82, 2.24) is 0 Å². The van der Waals surface area contributed by atoms with E-state index in [1.165, 1.54) is 46.7 Å². The normalized spacial score (nSPS) is 11.5. The average molecular weight is 443 g/mol. The Kier molecular flexibility index (Phi) is 9.25. The molecule has 0 amide bonds. The minimum Gasteiger partial charge on any atom is -1.00 e. The summed E-state index contributed by atoms with van der Waals surface area (Å²) in [6.45, 7) is 2.19. The number of fused-ring (bicyclic) bond motifs is 2. The molecule has 0 spiro atoms. The van der Waals surface area contributed by atoms with E-state index in [9.17, 15) is 0 Å². The van der Waals surface area contributed by atoms with Gasteiger partial charge < -0.3 is 37.2 Å². The molecule has 1 aliphatic carbocycles. The van der Waals surface area contributed by atoms with E-state index in [1.807, 2.05) is 0 Å².